The predicted molar refractivity (Wildman–Crippen MR) is 349 cm³/mol. The van der Waals surface area contributed by atoms with Crippen LogP contribution in [-0.2, 0) is 58.9 Å². The average molecular weight is 1340 g/mol. The van der Waals surface area contributed by atoms with Crippen molar-refractivity contribution in [3.63, 3.8) is 0 Å². The largest absolute Gasteiger partial charge is 0.478 e. The molecule has 0 radical (unpaired) electrons. The van der Waals surface area contributed by atoms with E-state index in [1.54, 1.807) is 56.3 Å². The van der Waals surface area contributed by atoms with E-state index in [4.69, 9.17) is 25.2 Å². The van der Waals surface area contributed by atoms with E-state index in [1.165, 1.54) is 29.8 Å². The summed E-state index contributed by atoms with van der Waals surface area (Å²) in [4.78, 5) is 84.9. The smallest absolute Gasteiger partial charge is 0.416 e. The second kappa shape index (κ2) is 42.2. The van der Waals surface area contributed by atoms with E-state index in [-0.39, 0.29) is 41.1 Å². The lowest BCUT2D eigenvalue weighted by atomic mass is 10.00. The lowest BCUT2D eigenvalue weighted by Gasteiger charge is -2.05. The summed E-state index contributed by atoms with van der Waals surface area (Å²) in [5.41, 5.74) is 14.5. The molecule has 89 heavy (non-hydrogen) atoms. The van der Waals surface area contributed by atoms with Crippen molar-refractivity contribution in [3.05, 3.63) is 301 Å². The molecule has 0 aromatic heterocycles. The van der Waals surface area contributed by atoms with E-state index in [2.05, 4.69) is 49.2 Å². The third kappa shape index (κ3) is 33.7. The van der Waals surface area contributed by atoms with Crippen molar-refractivity contribution in [1.29, 1.82) is 0 Å². The number of Topliss-reactive ketones (excluding diaryl/α,β-unsaturated/α-hetero) is 3. The molecular weight excluding hydrogens is 1270 g/mol. The lowest BCUT2D eigenvalue weighted by Crippen LogP contribution is -2.04. The number of carboxylic acids is 1. The molecule has 8 aromatic rings. The molecule has 17 heteroatoms. The zero-order valence-electron chi connectivity index (χ0n) is 49.7. The maximum absolute atomic E-state index is 12.4. The van der Waals surface area contributed by atoms with Gasteiger partial charge in [0.1, 0.15) is 0 Å². The van der Waals surface area contributed by atoms with Crippen molar-refractivity contribution in [1.82, 2.24) is 0 Å². The molecule has 8 aromatic carbocycles. The number of aliphatic carboxylic acids is 1. The van der Waals surface area contributed by atoms with Crippen LogP contribution in [0.5, 0.6) is 0 Å². The molecule has 0 aliphatic carbocycles. The first-order valence-corrected chi connectivity index (χ1v) is 28.9. The van der Waals surface area contributed by atoms with Gasteiger partial charge in [-0.1, -0.05) is 201 Å². The number of rotatable bonds is 16. The van der Waals surface area contributed by atoms with Gasteiger partial charge in [0, 0.05) is 68.8 Å². The van der Waals surface area contributed by atoms with Gasteiger partial charge in [-0.25, -0.2) is 14.4 Å². The van der Waals surface area contributed by atoms with Crippen molar-refractivity contribution in [3.8, 4) is 0 Å². The molecule has 462 valence electrons. The number of benzene rings is 8. The molecule has 0 spiro atoms. The number of aryl methyl sites for hydroxylation is 3. The Bertz CT molecular complexity index is 3670. The molecule has 0 aliphatic rings. The molecule has 3 N–H and O–H groups in total. The van der Waals surface area contributed by atoms with Crippen molar-refractivity contribution in [2.75, 3.05) is 18.9 Å². The number of hydrogen-bond acceptors (Lipinski definition) is 11. The van der Waals surface area contributed by atoms with E-state index in [9.17, 15) is 41.9 Å². The highest BCUT2D eigenvalue weighted by Gasteiger charge is 2.30. The summed E-state index contributed by atoms with van der Waals surface area (Å²) >= 11 is 6.69. The fourth-order valence-electron chi connectivity index (χ4n) is 7.48. The molecule has 0 saturated carbocycles. The molecule has 0 atom stereocenters. The zero-order valence-corrected chi connectivity index (χ0v) is 52.9. The zero-order chi connectivity index (χ0) is 66.2. The maximum Gasteiger partial charge on any atom is 0.416 e. The number of halogens is 5. The van der Waals surface area contributed by atoms with Gasteiger partial charge < -0.3 is 20.3 Å². The van der Waals surface area contributed by atoms with Gasteiger partial charge in [-0.15, -0.1) is 0 Å². The summed E-state index contributed by atoms with van der Waals surface area (Å²) in [6, 6.07) is 60.1. The van der Waals surface area contributed by atoms with E-state index in [1.807, 2.05) is 154 Å². The van der Waals surface area contributed by atoms with Crippen LogP contribution >= 0.6 is 31.9 Å². The minimum absolute atomic E-state index is 0.0196. The molecule has 12 nitrogen and oxygen atoms in total. The second-order valence-corrected chi connectivity index (χ2v) is 20.6. The number of alkyl halides is 3. The Morgan fingerprint density at radius 1 is 0.506 bits per heavy atom. The number of nitrogens with two attached hydrogens (primary N) is 1. The molecule has 0 heterocycles. The van der Waals surface area contributed by atoms with Crippen LogP contribution in [0.2, 0.25) is 0 Å². The average Bonchev–Trinajstić information content (AvgIpc) is 3.71. The fraction of sp³-hybridized carbons (Fsp3) is 0.153. The number of esters is 2. The van der Waals surface area contributed by atoms with E-state index in [0.29, 0.717) is 49.2 Å². The highest BCUT2D eigenvalue weighted by Crippen LogP contribution is 2.30. The number of carboxylic acid groups (broad SMARTS) is 1. The van der Waals surface area contributed by atoms with Gasteiger partial charge >= 0.3 is 30.2 Å². The van der Waals surface area contributed by atoms with Gasteiger partial charge in [0.25, 0.3) is 0 Å². The van der Waals surface area contributed by atoms with Crippen LogP contribution in [0, 0.1) is 20.8 Å². The molecule has 0 bridgehead atoms. The second-order valence-electron chi connectivity index (χ2n) is 18.7. The van der Waals surface area contributed by atoms with Crippen LogP contribution in [-0.4, -0.2) is 59.7 Å². The molecule has 8 rings (SSSR count). The molecular formula is C72H68Br2F3NO11. The highest BCUT2D eigenvalue weighted by molar-refractivity contribution is 9.10. The quantitative estimate of drug-likeness (QED) is 0.0402. The third-order valence-electron chi connectivity index (χ3n) is 11.4. The number of anilines is 1. The molecule has 0 fully saturated rings. The summed E-state index contributed by atoms with van der Waals surface area (Å²) < 4.78 is 47.1. The van der Waals surface area contributed by atoms with Crippen molar-refractivity contribution >= 4 is 91.1 Å². The van der Waals surface area contributed by atoms with Crippen LogP contribution in [0.3, 0.4) is 0 Å². The van der Waals surface area contributed by atoms with Gasteiger partial charge in [0.2, 0.25) is 0 Å². The molecule has 0 amide bonds. The Hall–Kier alpha value is -9.67. The van der Waals surface area contributed by atoms with Crippen molar-refractivity contribution < 1.29 is 66.1 Å². The third-order valence-corrected chi connectivity index (χ3v) is 12.4. The number of ketones is 3. The van der Waals surface area contributed by atoms with Crippen LogP contribution in [0.25, 0.3) is 12.2 Å². The Balaban J connectivity index is 0.000000378. The number of hydrogen-bond donors (Lipinski definition) is 2. The number of ether oxygens (including phenoxy) is 2. The van der Waals surface area contributed by atoms with Crippen LogP contribution in [0.1, 0.15) is 95.0 Å². The van der Waals surface area contributed by atoms with E-state index >= 15 is 0 Å². The Morgan fingerprint density at radius 3 is 1.22 bits per heavy atom. The van der Waals surface area contributed by atoms with Crippen LogP contribution < -0.4 is 5.73 Å². The first kappa shape index (κ1) is 75.4. The summed E-state index contributed by atoms with van der Waals surface area (Å²) in [5, 5.41) is 8.62. The van der Waals surface area contributed by atoms with Crippen LogP contribution in [0.4, 0.5) is 18.9 Å². The number of nitrogen functional groups attached to an aromatic ring is 1. The Morgan fingerprint density at radius 2 is 0.888 bits per heavy atom. The minimum atomic E-state index is -4.30. The van der Waals surface area contributed by atoms with Crippen molar-refractivity contribution in [2.24, 2.45) is 0 Å². The minimum Gasteiger partial charge on any atom is -0.478 e. The van der Waals surface area contributed by atoms with E-state index in [0.717, 1.165) is 72.2 Å². The summed E-state index contributed by atoms with van der Waals surface area (Å²) in [6.07, 6.45) is 3.82. The van der Waals surface area contributed by atoms with Gasteiger partial charge in [-0.2, -0.15) is 22.8 Å². The highest BCUT2D eigenvalue weighted by atomic mass is 79.9. The standard InChI is InChI=1S/C20H20O3.C18H16O3.C15H13BrO.C7H6F3N.C6H5Br.C5H8O2.CO2/c1-3-23-20(22)11-10-16-7-5-9-18(13-16)19(21)14-17-8-4-6-15(2)12-17;1-13-4-2-6-15(10-13)12-17(19)16-7-3-5-14(11-16)8-9-18(20)21;1-11-4-2-5-12(8-11)9-15(17)13-6-3-7-14(16)10-13;8-7(9,10)5-2-1-3-6(11)4-5;7-6-4-2-1-3-5-6;1-3-5(6)7-4-2;2-1-3/h4-13H,3,14H2,1-2H3;2-11H,12H2,1H3,(H,20,21);2-8,10H,9H2,1H3;1-4H,11H2;1-5H;3H,1,4H2,2H3;/b11-10+;9-8+;;;;;. The van der Waals surface area contributed by atoms with Gasteiger partial charge in [-0.05, 0) is 129 Å². The summed E-state index contributed by atoms with van der Waals surface area (Å²) in [5.74, 6) is -1.52. The topological polar surface area (TPSA) is 201 Å². The van der Waals surface area contributed by atoms with Crippen molar-refractivity contribution in [2.45, 2.75) is 60.1 Å². The summed E-state index contributed by atoms with van der Waals surface area (Å²) in [7, 11) is 0. The normalized spacial score (nSPS) is 10.0. The first-order valence-electron chi connectivity index (χ1n) is 27.3. The Kier molecular flexibility index (Phi) is 35.8. The number of carbonyl (C=O) groups is 6. The SMILES string of the molecule is Brc1ccccc1.C=CC(=O)OCC.CCOC(=O)/C=C/c1cccc(C(=O)Cc2cccc(C)c2)c1.Cc1cccc(CC(=O)c2cccc(/C=C/C(=O)O)c2)c1.Cc1cccc(CC(=O)c2cccc(Br)c2)c1.Nc1cccc(C(F)(F)F)c1.O=C=O. The monoisotopic (exact) mass is 1340 g/mol. The van der Waals surface area contributed by atoms with Gasteiger partial charge in [0.05, 0.1) is 18.8 Å². The first-order chi connectivity index (χ1) is 42.4. The lowest BCUT2D eigenvalue weighted by molar-refractivity contribution is -0.191. The summed E-state index contributed by atoms with van der Waals surface area (Å²) in [6.45, 7) is 13.5. The van der Waals surface area contributed by atoms with E-state index < -0.39 is 17.7 Å². The van der Waals surface area contributed by atoms with Gasteiger partial charge in [0.15, 0.2) is 17.3 Å². The molecule has 0 unspecified atom stereocenters. The number of carbonyl (C=O) groups excluding carboxylic acids is 7. The molecule has 0 aliphatic heterocycles. The van der Waals surface area contributed by atoms with Gasteiger partial charge in [-0.3, -0.25) is 14.4 Å². The van der Waals surface area contributed by atoms with Crippen LogP contribution in [0.15, 0.2) is 234 Å². The Labute approximate surface area is 533 Å². The predicted octanol–water partition coefficient (Wildman–Crippen LogP) is 16.6. The fourth-order valence-corrected chi connectivity index (χ4v) is 8.18. The maximum atomic E-state index is 12.4. The molecule has 0 saturated heterocycles.